The van der Waals surface area contributed by atoms with Gasteiger partial charge < -0.3 is 10.2 Å². The van der Waals surface area contributed by atoms with Crippen LogP contribution in [0.2, 0.25) is 0 Å². The number of fused-ring (bicyclic) bond motifs is 1. The number of hydrogen-bond donors (Lipinski definition) is 1. The van der Waals surface area contributed by atoms with Gasteiger partial charge in [-0.3, -0.25) is 14.9 Å². The van der Waals surface area contributed by atoms with Crippen molar-refractivity contribution in [3.05, 3.63) is 63.2 Å². The summed E-state index contributed by atoms with van der Waals surface area (Å²) in [6, 6.07) is 10.4. The summed E-state index contributed by atoms with van der Waals surface area (Å²) in [5, 5.41) is 14.1. The van der Waals surface area contributed by atoms with Gasteiger partial charge in [0.25, 0.3) is 11.6 Å². The van der Waals surface area contributed by atoms with E-state index in [4.69, 9.17) is 0 Å². The molecule has 0 saturated heterocycles. The van der Waals surface area contributed by atoms with E-state index in [1.165, 1.54) is 17.2 Å². The first kappa shape index (κ1) is 16.0. The maximum absolute atomic E-state index is 12.4. The van der Waals surface area contributed by atoms with Gasteiger partial charge in [-0.1, -0.05) is 6.07 Å². The van der Waals surface area contributed by atoms with Crippen molar-refractivity contribution >= 4 is 23.0 Å². The number of aryl methyl sites for hydroxylation is 2. The third-order valence-electron chi connectivity index (χ3n) is 4.27. The summed E-state index contributed by atoms with van der Waals surface area (Å²) in [5.74, 6) is -0.346. The summed E-state index contributed by atoms with van der Waals surface area (Å²) in [4.78, 5) is 24.8. The second-order valence-corrected chi connectivity index (χ2v) is 6.15. The van der Waals surface area contributed by atoms with Crippen molar-refractivity contribution in [3.8, 4) is 0 Å². The van der Waals surface area contributed by atoms with Crippen molar-refractivity contribution in [1.29, 1.82) is 0 Å². The molecule has 124 valence electrons. The summed E-state index contributed by atoms with van der Waals surface area (Å²) >= 11 is 0. The molecule has 0 aliphatic heterocycles. The van der Waals surface area contributed by atoms with Crippen LogP contribution in [0.15, 0.2) is 36.4 Å². The highest BCUT2D eigenvalue weighted by atomic mass is 16.6. The molecular weight excluding hydrogens is 306 g/mol. The number of carbonyl (C=O) groups excluding carboxylic acids is 1. The number of rotatable bonds is 4. The van der Waals surface area contributed by atoms with Crippen LogP contribution in [-0.4, -0.2) is 24.9 Å². The zero-order chi connectivity index (χ0) is 17.3. The molecule has 0 fully saturated rings. The lowest BCUT2D eigenvalue weighted by molar-refractivity contribution is -0.384. The number of nitro benzene ring substituents is 1. The fourth-order valence-electron chi connectivity index (χ4n) is 3.04. The van der Waals surface area contributed by atoms with Crippen LogP contribution in [0.25, 0.3) is 0 Å². The lowest BCUT2D eigenvalue weighted by atomic mass is 10.1. The Morgan fingerprint density at radius 3 is 2.58 bits per heavy atom. The van der Waals surface area contributed by atoms with E-state index in [0.717, 1.165) is 24.9 Å². The molecule has 0 bridgehead atoms. The molecule has 1 amide bonds. The lowest BCUT2D eigenvalue weighted by Gasteiger charge is -2.13. The summed E-state index contributed by atoms with van der Waals surface area (Å²) in [6.07, 6.45) is 3.26. The van der Waals surface area contributed by atoms with Gasteiger partial charge in [-0.05, 0) is 54.7 Å². The fraction of sp³-hybridized carbons (Fsp3) is 0.278. The third kappa shape index (κ3) is 3.08. The van der Waals surface area contributed by atoms with Gasteiger partial charge in [0.1, 0.15) is 5.69 Å². The SMILES string of the molecule is CN(C)c1ccc(C(=O)Nc2ccc3c(c2)CCC3)cc1[N+](=O)[O-]. The van der Waals surface area contributed by atoms with Crippen LogP contribution in [0.4, 0.5) is 17.1 Å². The molecule has 0 radical (unpaired) electrons. The molecule has 0 atom stereocenters. The highest BCUT2D eigenvalue weighted by Crippen LogP contribution is 2.29. The summed E-state index contributed by atoms with van der Waals surface area (Å²) in [6.45, 7) is 0. The van der Waals surface area contributed by atoms with Gasteiger partial charge in [0.2, 0.25) is 0 Å². The Hall–Kier alpha value is -2.89. The smallest absolute Gasteiger partial charge is 0.293 e. The molecule has 0 saturated carbocycles. The van der Waals surface area contributed by atoms with E-state index in [-0.39, 0.29) is 17.2 Å². The standard InChI is InChI=1S/C18H19N3O3/c1-20(2)16-9-7-14(11-17(16)21(23)24)18(22)19-15-8-6-12-4-3-5-13(12)10-15/h6-11H,3-5H2,1-2H3,(H,19,22). The highest BCUT2D eigenvalue weighted by molar-refractivity contribution is 6.05. The van der Waals surface area contributed by atoms with E-state index < -0.39 is 4.92 Å². The maximum Gasteiger partial charge on any atom is 0.293 e. The van der Waals surface area contributed by atoms with E-state index >= 15 is 0 Å². The molecule has 1 aliphatic carbocycles. The number of nitro groups is 1. The average molecular weight is 325 g/mol. The molecule has 6 nitrogen and oxygen atoms in total. The van der Waals surface area contributed by atoms with Crippen molar-refractivity contribution in [2.75, 3.05) is 24.3 Å². The number of hydrogen-bond acceptors (Lipinski definition) is 4. The predicted molar refractivity (Wildman–Crippen MR) is 93.8 cm³/mol. The van der Waals surface area contributed by atoms with Crippen molar-refractivity contribution in [1.82, 2.24) is 0 Å². The predicted octanol–water partition coefficient (Wildman–Crippen LogP) is 3.40. The molecule has 0 unspecified atom stereocenters. The van der Waals surface area contributed by atoms with Gasteiger partial charge in [-0.25, -0.2) is 0 Å². The van der Waals surface area contributed by atoms with E-state index in [9.17, 15) is 14.9 Å². The van der Waals surface area contributed by atoms with Gasteiger partial charge in [-0.2, -0.15) is 0 Å². The summed E-state index contributed by atoms with van der Waals surface area (Å²) in [7, 11) is 3.46. The van der Waals surface area contributed by atoms with Crippen LogP contribution in [-0.2, 0) is 12.8 Å². The Morgan fingerprint density at radius 2 is 1.88 bits per heavy atom. The highest BCUT2D eigenvalue weighted by Gasteiger charge is 2.19. The third-order valence-corrected chi connectivity index (χ3v) is 4.27. The molecule has 0 heterocycles. The molecule has 0 aromatic heterocycles. The van der Waals surface area contributed by atoms with Crippen LogP contribution < -0.4 is 10.2 Å². The molecule has 0 spiro atoms. The van der Waals surface area contributed by atoms with Crippen molar-refractivity contribution in [3.63, 3.8) is 0 Å². The normalized spacial score (nSPS) is 12.6. The second-order valence-electron chi connectivity index (χ2n) is 6.15. The molecule has 3 rings (SSSR count). The molecule has 2 aromatic rings. The molecule has 6 heteroatoms. The minimum absolute atomic E-state index is 0.0818. The second kappa shape index (κ2) is 6.31. The van der Waals surface area contributed by atoms with Crippen LogP contribution in [0.3, 0.4) is 0 Å². The number of anilines is 2. The Bertz CT molecular complexity index is 815. The summed E-state index contributed by atoms with van der Waals surface area (Å²) in [5.41, 5.74) is 3.98. The number of nitrogens with zero attached hydrogens (tertiary/aromatic N) is 2. The average Bonchev–Trinajstić information content (AvgIpc) is 3.01. The van der Waals surface area contributed by atoms with E-state index in [2.05, 4.69) is 5.32 Å². The topological polar surface area (TPSA) is 75.5 Å². The van der Waals surface area contributed by atoms with Crippen LogP contribution in [0.5, 0.6) is 0 Å². The van der Waals surface area contributed by atoms with Crippen molar-refractivity contribution < 1.29 is 9.72 Å². The first-order valence-corrected chi connectivity index (χ1v) is 7.84. The van der Waals surface area contributed by atoms with E-state index in [1.807, 2.05) is 18.2 Å². The molecule has 2 aromatic carbocycles. The number of carbonyl (C=O) groups is 1. The van der Waals surface area contributed by atoms with Gasteiger partial charge in [0, 0.05) is 31.4 Å². The lowest BCUT2D eigenvalue weighted by Crippen LogP contribution is -2.15. The van der Waals surface area contributed by atoms with Crippen molar-refractivity contribution in [2.24, 2.45) is 0 Å². The number of nitrogens with one attached hydrogen (secondary N) is 1. The Labute approximate surface area is 140 Å². The fourth-order valence-corrected chi connectivity index (χ4v) is 3.04. The molecule has 1 aliphatic rings. The molecule has 1 N–H and O–H groups in total. The Morgan fingerprint density at radius 1 is 1.12 bits per heavy atom. The number of amides is 1. The molecule has 24 heavy (non-hydrogen) atoms. The minimum atomic E-state index is -0.471. The van der Waals surface area contributed by atoms with Gasteiger partial charge in [0.05, 0.1) is 4.92 Å². The van der Waals surface area contributed by atoms with Crippen LogP contribution in [0, 0.1) is 10.1 Å². The van der Waals surface area contributed by atoms with Gasteiger partial charge in [0.15, 0.2) is 0 Å². The Kier molecular flexibility index (Phi) is 4.20. The largest absolute Gasteiger partial charge is 0.372 e. The van der Waals surface area contributed by atoms with Gasteiger partial charge in [-0.15, -0.1) is 0 Å². The summed E-state index contributed by atoms with van der Waals surface area (Å²) < 4.78 is 0. The van der Waals surface area contributed by atoms with Crippen LogP contribution in [0.1, 0.15) is 27.9 Å². The first-order chi connectivity index (χ1) is 11.5. The number of benzene rings is 2. The monoisotopic (exact) mass is 325 g/mol. The van der Waals surface area contributed by atoms with Crippen molar-refractivity contribution in [2.45, 2.75) is 19.3 Å². The zero-order valence-electron chi connectivity index (χ0n) is 13.7. The Balaban J connectivity index is 1.85. The van der Waals surface area contributed by atoms with Gasteiger partial charge >= 0.3 is 0 Å². The minimum Gasteiger partial charge on any atom is -0.372 e. The quantitative estimate of drug-likeness (QED) is 0.690. The van der Waals surface area contributed by atoms with E-state index in [0.29, 0.717) is 5.69 Å². The maximum atomic E-state index is 12.4. The zero-order valence-corrected chi connectivity index (χ0v) is 13.7. The molecular formula is C18H19N3O3. The van der Waals surface area contributed by atoms with Crippen LogP contribution >= 0.6 is 0 Å². The first-order valence-electron chi connectivity index (χ1n) is 7.84. The van der Waals surface area contributed by atoms with E-state index in [1.54, 1.807) is 31.1 Å².